The Balaban J connectivity index is 2.95. The first-order valence-electron chi connectivity index (χ1n) is 4.98. The summed E-state index contributed by atoms with van der Waals surface area (Å²) in [6.07, 6.45) is 1.24. The topological polar surface area (TPSA) is 84.2 Å². The molecule has 6 heteroatoms. The van der Waals surface area contributed by atoms with E-state index < -0.39 is 11.4 Å². The first kappa shape index (κ1) is 11.1. The van der Waals surface area contributed by atoms with Crippen LogP contribution in [-0.4, -0.2) is 27.8 Å². The van der Waals surface area contributed by atoms with Crippen LogP contribution in [0.2, 0.25) is 0 Å². The maximum atomic E-state index is 11.9. The minimum atomic E-state index is -1.25. The van der Waals surface area contributed by atoms with Crippen molar-refractivity contribution in [3.63, 3.8) is 0 Å². The SMILES string of the molecule is CNn1cc(C(=O)O)c(=O)c2ccc(C)nc21. The van der Waals surface area contributed by atoms with Crippen molar-refractivity contribution in [1.29, 1.82) is 0 Å². The molecule has 0 bridgehead atoms. The van der Waals surface area contributed by atoms with E-state index >= 15 is 0 Å². The number of aromatic carboxylic acids is 1. The number of nitrogens with zero attached hydrogens (tertiary/aromatic N) is 2. The largest absolute Gasteiger partial charge is 0.477 e. The second kappa shape index (κ2) is 3.89. The van der Waals surface area contributed by atoms with Crippen molar-refractivity contribution in [3.05, 3.63) is 39.8 Å². The summed E-state index contributed by atoms with van der Waals surface area (Å²) in [6.45, 7) is 1.80. The lowest BCUT2D eigenvalue weighted by atomic mass is 10.2. The average Bonchev–Trinajstić information content (AvgIpc) is 2.29. The Bertz CT molecular complexity index is 661. The lowest BCUT2D eigenvalue weighted by Gasteiger charge is -2.10. The third-order valence-corrected chi connectivity index (χ3v) is 2.46. The Morgan fingerprint density at radius 1 is 1.47 bits per heavy atom. The summed E-state index contributed by atoms with van der Waals surface area (Å²) in [5.41, 5.74) is 3.14. The van der Waals surface area contributed by atoms with Gasteiger partial charge >= 0.3 is 5.97 Å². The molecule has 2 N–H and O–H groups in total. The third-order valence-electron chi connectivity index (χ3n) is 2.46. The molecule has 2 rings (SSSR count). The first-order valence-corrected chi connectivity index (χ1v) is 4.98. The summed E-state index contributed by atoms with van der Waals surface area (Å²) in [5, 5.41) is 9.22. The summed E-state index contributed by atoms with van der Waals surface area (Å²) in [5.74, 6) is -1.25. The van der Waals surface area contributed by atoms with Gasteiger partial charge in [-0.2, -0.15) is 0 Å². The van der Waals surface area contributed by atoms with E-state index in [1.807, 2.05) is 0 Å². The summed E-state index contributed by atoms with van der Waals surface area (Å²) in [4.78, 5) is 27.0. The zero-order valence-corrected chi connectivity index (χ0v) is 9.39. The second-order valence-electron chi connectivity index (χ2n) is 3.59. The van der Waals surface area contributed by atoms with Crippen LogP contribution in [-0.2, 0) is 0 Å². The van der Waals surface area contributed by atoms with Gasteiger partial charge in [0.05, 0.1) is 5.39 Å². The van der Waals surface area contributed by atoms with Crippen LogP contribution in [0.3, 0.4) is 0 Å². The van der Waals surface area contributed by atoms with Gasteiger partial charge in [0, 0.05) is 18.9 Å². The molecule has 0 spiro atoms. The molecular weight excluding hydrogens is 222 g/mol. The number of nitrogens with one attached hydrogen (secondary N) is 1. The second-order valence-corrected chi connectivity index (χ2v) is 3.59. The predicted molar refractivity (Wildman–Crippen MR) is 63.0 cm³/mol. The Hall–Kier alpha value is -2.37. The molecule has 0 saturated heterocycles. The van der Waals surface area contributed by atoms with Gasteiger partial charge in [0.2, 0.25) is 5.43 Å². The molecule has 0 unspecified atom stereocenters. The Kier molecular flexibility index (Phi) is 2.55. The van der Waals surface area contributed by atoms with E-state index in [0.29, 0.717) is 5.65 Å². The van der Waals surface area contributed by atoms with Crippen molar-refractivity contribution in [2.45, 2.75) is 6.92 Å². The van der Waals surface area contributed by atoms with Crippen LogP contribution in [0, 0.1) is 6.92 Å². The predicted octanol–water partition coefficient (Wildman–Crippen LogP) is 0.576. The highest BCUT2D eigenvalue weighted by atomic mass is 16.4. The van der Waals surface area contributed by atoms with Crippen LogP contribution in [0.1, 0.15) is 16.1 Å². The molecule has 2 aromatic heterocycles. The number of hydrogen-bond acceptors (Lipinski definition) is 4. The lowest BCUT2D eigenvalue weighted by Crippen LogP contribution is -2.22. The molecule has 0 aromatic carbocycles. The smallest absolute Gasteiger partial charge is 0.341 e. The highest BCUT2D eigenvalue weighted by Gasteiger charge is 2.14. The first-order chi connectivity index (χ1) is 8.04. The van der Waals surface area contributed by atoms with Gasteiger partial charge in [0.15, 0.2) is 5.65 Å². The number of pyridine rings is 2. The summed E-state index contributed by atoms with van der Waals surface area (Å²) >= 11 is 0. The molecule has 0 radical (unpaired) electrons. The molecule has 2 heterocycles. The summed E-state index contributed by atoms with van der Waals surface area (Å²) in [7, 11) is 1.62. The Morgan fingerprint density at radius 2 is 2.18 bits per heavy atom. The van der Waals surface area contributed by atoms with E-state index in [0.717, 1.165) is 5.69 Å². The highest BCUT2D eigenvalue weighted by molar-refractivity contribution is 5.91. The van der Waals surface area contributed by atoms with Crippen LogP contribution in [0.15, 0.2) is 23.1 Å². The van der Waals surface area contributed by atoms with Crippen LogP contribution in [0.4, 0.5) is 0 Å². The molecule has 6 nitrogen and oxygen atoms in total. The maximum absolute atomic E-state index is 11.9. The van der Waals surface area contributed by atoms with Crippen molar-refractivity contribution >= 4 is 17.0 Å². The van der Waals surface area contributed by atoms with E-state index in [-0.39, 0.29) is 10.9 Å². The molecule has 0 aliphatic heterocycles. The van der Waals surface area contributed by atoms with Gasteiger partial charge in [-0.3, -0.25) is 4.79 Å². The summed E-state index contributed by atoms with van der Waals surface area (Å²) in [6, 6.07) is 3.26. The molecule has 0 amide bonds. The molecule has 17 heavy (non-hydrogen) atoms. The minimum absolute atomic E-state index is 0.280. The molecule has 0 fully saturated rings. The highest BCUT2D eigenvalue weighted by Crippen LogP contribution is 2.09. The number of fused-ring (bicyclic) bond motifs is 1. The Labute approximate surface area is 96.5 Å². The number of rotatable bonds is 2. The van der Waals surface area contributed by atoms with E-state index in [1.165, 1.54) is 10.9 Å². The van der Waals surface area contributed by atoms with Crippen molar-refractivity contribution in [2.75, 3.05) is 12.5 Å². The fourth-order valence-corrected chi connectivity index (χ4v) is 1.62. The quantitative estimate of drug-likeness (QED) is 0.792. The van der Waals surface area contributed by atoms with Gasteiger partial charge in [-0.1, -0.05) is 0 Å². The van der Waals surface area contributed by atoms with Gasteiger partial charge in [0.1, 0.15) is 5.56 Å². The number of aryl methyl sites for hydroxylation is 1. The molecular formula is C11H11N3O3. The standard InChI is InChI=1S/C11H11N3O3/c1-6-3-4-7-9(15)8(11(16)17)5-14(12-2)10(7)13-6/h3-5,12H,1-2H3,(H,16,17). The molecule has 2 aromatic rings. The van der Waals surface area contributed by atoms with Gasteiger partial charge in [-0.05, 0) is 19.1 Å². The minimum Gasteiger partial charge on any atom is -0.477 e. The van der Waals surface area contributed by atoms with Crippen LogP contribution in [0.25, 0.3) is 11.0 Å². The van der Waals surface area contributed by atoms with Crippen LogP contribution < -0.4 is 10.9 Å². The molecule has 0 aliphatic carbocycles. The molecule has 0 saturated carbocycles. The lowest BCUT2D eigenvalue weighted by molar-refractivity contribution is 0.0695. The van der Waals surface area contributed by atoms with E-state index in [4.69, 9.17) is 5.11 Å². The number of carboxylic acids is 1. The van der Waals surface area contributed by atoms with Crippen LogP contribution in [0.5, 0.6) is 0 Å². The van der Waals surface area contributed by atoms with Crippen LogP contribution >= 0.6 is 0 Å². The van der Waals surface area contributed by atoms with Gasteiger partial charge < -0.3 is 10.5 Å². The average molecular weight is 233 g/mol. The molecule has 88 valence electrons. The zero-order chi connectivity index (χ0) is 12.6. The zero-order valence-electron chi connectivity index (χ0n) is 9.39. The van der Waals surface area contributed by atoms with Gasteiger partial charge in [0.25, 0.3) is 0 Å². The van der Waals surface area contributed by atoms with Crippen molar-refractivity contribution < 1.29 is 9.90 Å². The van der Waals surface area contributed by atoms with Crippen molar-refractivity contribution in [3.8, 4) is 0 Å². The maximum Gasteiger partial charge on any atom is 0.341 e. The molecule has 0 aliphatic rings. The van der Waals surface area contributed by atoms with Gasteiger partial charge in [-0.25, -0.2) is 14.5 Å². The fourth-order valence-electron chi connectivity index (χ4n) is 1.62. The van der Waals surface area contributed by atoms with E-state index in [9.17, 15) is 9.59 Å². The Morgan fingerprint density at radius 3 is 2.76 bits per heavy atom. The number of aromatic nitrogens is 2. The fraction of sp³-hybridized carbons (Fsp3) is 0.182. The number of hydrogen-bond donors (Lipinski definition) is 2. The third kappa shape index (κ3) is 1.73. The van der Waals surface area contributed by atoms with Crippen molar-refractivity contribution in [2.24, 2.45) is 0 Å². The van der Waals surface area contributed by atoms with E-state index in [2.05, 4.69) is 10.4 Å². The number of carboxylic acid groups (broad SMARTS) is 1. The van der Waals surface area contributed by atoms with E-state index in [1.54, 1.807) is 26.1 Å². The number of carbonyl (C=O) groups is 1. The molecule has 0 atom stereocenters. The normalized spacial score (nSPS) is 10.5. The summed E-state index contributed by atoms with van der Waals surface area (Å²) < 4.78 is 1.42. The van der Waals surface area contributed by atoms with Gasteiger partial charge in [-0.15, -0.1) is 0 Å². The monoisotopic (exact) mass is 233 g/mol. The van der Waals surface area contributed by atoms with Crippen molar-refractivity contribution in [1.82, 2.24) is 9.66 Å².